The molecule has 1 heterocycles. The van der Waals surface area contributed by atoms with Gasteiger partial charge in [0.05, 0.1) is 17.3 Å². The van der Waals surface area contributed by atoms with Crippen molar-refractivity contribution in [3.8, 4) is 0 Å². The number of fused-ring (bicyclic) bond motifs is 1. The number of rotatable bonds is 2. The van der Waals surface area contributed by atoms with Crippen molar-refractivity contribution in [1.29, 1.82) is 0 Å². The SMILES string of the molecule is C=C(CCl)N1CCCc2cc(C)cc(N)c21. The highest BCUT2D eigenvalue weighted by Gasteiger charge is 2.21. The lowest BCUT2D eigenvalue weighted by molar-refractivity contribution is 0.746. The van der Waals surface area contributed by atoms with E-state index in [-0.39, 0.29) is 0 Å². The first-order chi connectivity index (χ1) is 7.63. The Morgan fingerprint density at radius 1 is 1.56 bits per heavy atom. The van der Waals surface area contributed by atoms with Crippen LogP contribution in [0.3, 0.4) is 0 Å². The van der Waals surface area contributed by atoms with Gasteiger partial charge in [-0.05, 0) is 37.0 Å². The number of anilines is 2. The second kappa shape index (κ2) is 4.38. The van der Waals surface area contributed by atoms with Gasteiger partial charge in [0, 0.05) is 12.2 Å². The van der Waals surface area contributed by atoms with Crippen LogP contribution in [-0.4, -0.2) is 12.4 Å². The molecule has 0 radical (unpaired) electrons. The molecule has 0 spiro atoms. The molecule has 1 aromatic rings. The summed E-state index contributed by atoms with van der Waals surface area (Å²) in [5, 5.41) is 0. The van der Waals surface area contributed by atoms with E-state index in [0.717, 1.165) is 36.5 Å². The van der Waals surface area contributed by atoms with Crippen molar-refractivity contribution in [3.63, 3.8) is 0 Å². The number of aryl methyl sites for hydroxylation is 2. The van der Waals surface area contributed by atoms with E-state index in [1.165, 1.54) is 11.1 Å². The fourth-order valence-electron chi connectivity index (χ4n) is 2.33. The summed E-state index contributed by atoms with van der Waals surface area (Å²) in [6.45, 7) is 7.04. The second-order valence-electron chi connectivity index (χ2n) is 4.32. The fraction of sp³-hybridized carbons (Fsp3) is 0.385. The Hall–Kier alpha value is -1.15. The van der Waals surface area contributed by atoms with Crippen LogP contribution in [-0.2, 0) is 6.42 Å². The smallest absolute Gasteiger partial charge is 0.0674 e. The molecule has 1 aromatic carbocycles. The van der Waals surface area contributed by atoms with Gasteiger partial charge < -0.3 is 10.6 Å². The molecule has 86 valence electrons. The number of nitrogens with two attached hydrogens (primary N) is 1. The van der Waals surface area contributed by atoms with Crippen LogP contribution in [0.1, 0.15) is 17.5 Å². The number of nitrogen functional groups attached to an aromatic ring is 1. The van der Waals surface area contributed by atoms with Crippen LogP contribution < -0.4 is 10.6 Å². The minimum atomic E-state index is 0.451. The topological polar surface area (TPSA) is 29.3 Å². The largest absolute Gasteiger partial charge is 0.397 e. The van der Waals surface area contributed by atoms with Crippen molar-refractivity contribution in [1.82, 2.24) is 0 Å². The van der Waals surface area contributed by atoms with Crippen LogP contribution >= 0.6 is 11.6 Å². The molecule has 2 rings (SSSR count). The number of hydrogen-bond donors (Lipinski definition) is 1. The van der Waals surface area contributed by atoms with Crippen molar-refractivity contribution in [2.24, 2.45) is 0 Å². The lowest BCUT2D eigenvalue weighted by Gasteiger charge is -2.33. The van der Waals surface area contributed by atoms with Crippen molar-refractivity contribution < 1.29 is 0 Å². The Labute approximate surface area is 102 Å². The predicted molar refractivity (Wildman–Crippen MR) is 71.1 cm³/mol. The lowest BCUT2D eigenvalue weighted by atomic mass is 9.98. The third-order valence-electron chi connectivity index (χ3n) is 3.00. The first kappa shape index (κ1) is 11.3. The normalized spacial score (nSPS) is 14.8. The minimum absolute atomic E-state index is 0.451. The predicted octanol–water partition coefficient (Wildman–Crippen LogP) is 3.08. The summed E-state index contributed by atoms with van der Waals surface area (Å²) in [7, 11) is 0. The number of nitrogens with zero attached hydrogens (tertiary/aromatic N) is 1. The number of allylic oxidation sites excluding steroid dienone is 1. The minimum Gasteiger partial charge on any atom is -0.397 e. The molecule has 1 aliphatic rings. The summed E-state index contributed by atoms with van der Waals surface area (Å²) >= 11 is 5.85. The van der Waals surface area contributed by atoms with Crippen LogP contribution in [0.25, 0.3) is 0 Å². The van der Waals surface area contributed by atoms with Gasteiger partial charge in [-0.25, -0.2) is 0 Å². The van der Waals surface area contributed by atoms with Gasteiger partial charge in [0.25, 0.3) is 0 Å². The number of benzene rings is 1. The molecule has 2 N–H and O–H groups in total. The average Bonchev–Trinajstić information content (AvgIpc) is 2.26. The van der Waals surface area contributed by atoms with E-state index < -0.39 is 0 Å². The molecule has 0 saturated carbocycles. The van der Waals surface area contributed by atoms with E-state index in [1.54, 1.807) is 0 Å². The Kier molecular flexibility index (Phi) is 3.10. The monoisotopic (exact) mass is 236 g/mol. The van der Waals surface area contributed by atoms with E-state index in [0.29, 0.717) is 5.88 Å². The van der Waals surface area contributed by atoms with Crippen LogP contribution in [0, 0.1) is 6.92 Å². The highest BCUT2D eigenvalue weighted by molar-refractivity contribution is 6.19. The van der Waals surface area contributed by atoms with Gasteiger partial charge in [0.1, 0.15) is 0 Å². The molecule has 0 bridgehead atoms. The molecule has 2 nitrogen and oxygen atoms in total. The molecule has 16 heavy (non-hydrogen) atoms. The first-order valence-corrected chi connectivity index (χ1v) is 6.07. The molecule has 0 aromatic heterocycles. The van der Waals surface area contributed by atoms with Crippen molar-refractivity contribution in [2.45, 2.75) is 19.8 Å². The molecule has 0 amide bonds. The van der Waals surface area contributed by atoms with Gasteiger partial charge in [-0.3, -0.25) is 0 Å². The highest BCUT2D eigenvalue weighted by atomic mass is 35.5. The molecule has 1 aliphatic heterocycles. The molecule has 0 fully saturated rings. The average molecular weight is 237 g/mol. The molecular weight excluding hydrogens is 220 g/mol. The fourth-order valence-corrected chi connectivity index (χ4v) is 2.48. The molecule has 0 atom stereocenters. The van der Waals surface area contributed by atoms with Gasteiger partial charge in [-0.15, -0.1) is 11.6 Å². The molecular formula is C13H17ClN2. The van der Waals surface area contributed by atoms with Gasteiger partial charge in [0.15, 0.2) is 0 Å². The summed E-state index contributed by atoms with van der Waals surface area (Å²) in [6.07, 6.45) is 2.22. The van der Waals surface area contributed by atoms with Gasteiger partial charge in [-0.1, -0.05) is 12.6 Å². The van der Waals surface area contributed by atoms with E-state index in [2.05, 4.69) is 24.5 Å². The van der Waals surface area contributed by atoms with Crippen LogP contribution in [0.5, 0.6) is 0 Å². The summed E-state index contributed by atoms with van der Waals surface area (Å²) in [5.41, 5.74) is 11.5. The van der Waals surface area contributed by atoms with Crippen LogP contribution in [0.15, 0.2) is 24.4 Å². The van der Waals surface area contributed by atoms with E-state index in [1.807, 2.05) is 6.07 Å². The zero-order chi connectivity index (χ0) is 11.7. The van der Waals surface area contributed by atoms with Gasteiger partial charge in [0.2, 0.25) is 0 Å². The van der Waals surface area contributed by atoms with Crippen LogP contribution in [0.4, 0.5) is 11.4 Å². The first-order valence-electron chi connectivity index (χ1n) is 5.53. The van der Waals surface area contributed by atoms with Crippen molar-refractivity contribution in [3.05, 3.63) is 35.5 Å². The van der Waals surface area contributed by atoms with Crippen molar-refractivity contribution in [2.75, 3.05) is 23.1 Å². The third-order valence-corrected chi connectivity index (χ3v) is 3.30. The molecule has 0 aliphatic carbocycles. The number of halogens is 1. The Balaban J connectivity index is 2.49. The standard InChI is InChI=1S/C13H17ClN2/c1-9-6-11-4-3-5-16(10(2)8-14)13(11)12(15)7-9/h6-7H,2-5,8,15H2,1H3. The summed E-state index contributed by atoms with van der Waals surface area (Å²) in [5.74, 6) is 0.451. The Morgan fingerprint density at radius 2 is 2.31 bits per heavy atom. The second-order valence-corrected chi connectivity index (χ2v) is 4.58. The van der Waals surface area contributed by atoms with Crippen molar-refractivity contribution >= 4 is 23.0 Å². The zero-order valence-corrected chi connectivity index (χ0v) is 10.3. The zero-order valence-electron chi connectivity index (χ0n) is 9.59. The van der Waals surface area contributed by atoms with E-state index in [4.69, 9.17) is 17.3 Å². The molecule has 0 unspecified atom stereocenters. The maximum Gasteiger partial charge on any atom is 0.0674 e. The summed E-state index contributed by atoms with van der Waals surface area (Å²) in [4.78, 5) is 2.15. The van der Waals surface area contributed by atoms with Gasteiger partial charge >= 0.3 is 0 Å². The molecule has 3 heteroatoms. The van der Waals surface area contributed by atoms with E-state index in [9.17, 15) is 0 Å². The van der Waals surface area contributed by atoms with Gasteiger partial charge in [-0.2, -0.15) is 0 Å². The highest BCUT2D eigenvalue weighted by Crippen LogP contribution is 2.35. The maximum atomic E-state index is 6.10. The Bertz CT molecular complexity index is 426. The summed E-state index contributed by atoms with van der Waals surface area (Å²) < 4.78 is 0. The third kappa shape index (κ3) is 1.90. The summed E-state index contributed by atoms with van der Waals surface area (Å²) in [6, 6.07) is 4.22. The quantitative estimate of drug-likeness (QED) is 0.632. The van der Waals surface area contributed by atoms with E-state index >= 15 is 0 Å². The van der Waals surface area contributed by atoms with Crippen LogP contribution in [0.2, 0.25) is 0 Å². The number of hydrogen-bond acceptors (Lipinski definition) is 2. The Morgan fingerprint density at radius 3 is 3.00 bits per heavy atom. The molecule has 0 saturated heterocycles. The maximum absolute atomic E-state index is 6.10. The lowest BCUT2D eigenvalue weighted by Crippen LogP contribution is -2.29. The number of alkyl halides is 1.